The number of nitrogens with one attached hydrogen (secondary N) is 1. The van der Waals surface area contributed by atoms with Gasteiger partial charge in [-0.15, -0.1) is 0 Å². The number of carbonyl (C=O) groups is 1. The first-order valence-corrected chi connectivity index (χ1v) is 8.26. The zero-order valence-electron chi connectivity index (χ0n) is 13.8. The lowest BCUT2D eigenvalue weighted by molar-refractivity contribution is 0.102. The first kappa shape index (κ1) is 15.6. The van der Waals surface area contributed by atoms with Crippen molar-refractivity contribution < 1.29 is 4.79 Å². The Bertz CT molecular complexity index is 714. The highest BCUT2D eigenvalue weighted by atomic mass is 16.1. The molecule has 3 N–H and O–H groups in total. The van der Waals surface area contributed by atoms with Crippen LogP contribution in [0.5, 0.6) is 0 Å². The quantitative estimate of drug-likeness (QED) is 0.850. The molecule has 1 aromatic heterocycles. The van der Waals surface area contributed by atoms with Crippen molar-refractivity contribution >= 4 is 17.4 Å². The minimum absolute atomic E-state index is 0.145. The summed E-state index contributed by atoms with van der Waals surface area (Å²) >= 11 is 0. The van der Waals surface area contributed by atoms with Gasteiger partial charge >= 0.3 is 0 Å². The maximum Gasteiger partial charge on any atom is 0.257 e. The molecule has 0 bridgehead atoms. The van der Waals surface area contributed by atoms with E-state index in [2.05, 4.69) is 10.4 Å². The summed E-state index contributed by atoms with van der Waals surface area (Å²) in [5.74, 6) is 1.11. The highest BCUT2D eigenvalue weighted by Gasteiger charge is 2.20. The summed E-state index contributed by atoms with van der Waals surface area (Å²) < 4.78 is 1.75. The summed E-state index contributed by atoms with van der Waals surface area (Å²) in [7, 11) is 1.87. The van der Waals surface area contributed by atoms with Crippen LogP contribution in [-0.2, 0) is 7.05 Å². The summed E-state index contributed by atoms with van der Waals surface area (Å²) in [6.07, 6.45) is 6.25. The second kappa shape index (κ2) is 6.44. The van der Waals surface area contributed by atoms with Crippen molar-refractivity contribution in [3.8, 4) is 0 Å². The van der Waals surface area contributed by atoms with Gasteiger partial charge in [-0.25, -0.2) is 0 Å². The molecule has 1 aliphatic rings. The normalized spacial score (nSPS) is 15.6. The molecule has 0 spiro atoms. The highest BCUT2D eigenvalue weighted by molar-refractivity contribution is 6.05. The molecule has 1 fully saturated rings. The van der Waals surface area contributed by atoms with E-state index < -0.39 is 0 Å². The fraction of sp³-hybridized carbons (Fsp3) is 0.444. The molecule has 0 saturated heterocycles. The number of hydrogen-bond donors (Lipinski definition) is 2. The van der Waals surface area contributed by atoms with E-state index in [0.717, 1.165) is 17.1 Å². The topological polar surface area (TPSA) is 72.9 Å². The Kier molecular flexibility index (Phi) is 4.37. The van der Waals surface area contributed by atoms with E-state index in [-0.39, 0.29) is 5.91 Å². The Balaban J connectivity index is 1.78. The van der Waals surface area contributed by atoms with E-state index in [4.69, 9.17) is 5.73 Å². The Labute approximate surface area is 136 Å². The number of nitrogens with zero attached hydrogens (tertiary/aromatic N) is 2. The molecule has 1 heterocycles. The van der Waals surface area contributed by atoms with Crippen molar-refractivity contribution in [2.75, 3.05) is 11.1 Å². The predicted octanol–water partition coefficient (Wildman–Crippen LogP) is 3.61. The van der Waals surface area contributed by atoms with E-state index in [9.17, 15) is 4.79 Å². The molecule has 0 atom stereocenters. The molecule has 3 rings (SSSR count). The fourth-order valence-electron chi connectivity index (χ4n) is 3.27. The molecule has 1 amide bonds. The number of rotatable bonds is 3. The zero-order valence-corrected chi connectivity index (χ0v) is 13.8. The molecule has 122 valence electrons. The van der Waals surface area contributed by atoms with Crippen LogP contribution in [0.3, 0.4) is 0 Å². The molecule has 0 radical (unpaired) electrons. The molecule has 2 aromatic rings. The van der Waals surface area contributed by atoms with Crippen molar-refractivity contribution in [1.82, 2.24) is 9.78 Å². The number of amides is 1. The van der Waals surface area contributed by atoms with Gasteiger partial charge in [0.25, 0.3) is 5.91 Å². The Morgan fingerprint density at radius 3 is 2.74 bits per heavy atom. The maximum absolute atomic E-state index is 12.5. The van der Waals surface area contributed by atoms with E-state index in [1.54, 1.807) is 16.8 Å². The molecule has 0 unspecified atom stereocenters. The monoisotopic (exact) mass is 312 g/mol. The van der Waals surface area contributed by atoms with Crippen LogP contribution in [0.25, 0.3) is 0 Å². The first-order valence-electron chi connectivity index (χ1n) is 8.26. The van der Waals surface area contributed by atoms with E-state index >= 15 is 0 Å². The molecule has 5 nitrogen and oxygen atoms in total. The smallest absolute Gasteiger partial charge is 0.257 e. The number of hydrogen-bond acceptors (Lipinski definition) is 3. The van der Waals surface area contributed by atoms with Crippen LogP contribution < -0.4 is 11.1 Å². The van der Waals surface area contributed by atoms with Gasteiger partial charge in [0.15, 0.2) is 0 Å². The fourth-order valence-corrected chi connectivity index (χ4v) is 3.27. The van der Waals surface area contributed by atoms with Crippen LogP contribution in [0.2, 0.25) is 0 Å². The number of aryl methyl sites for hydroxylation is 2. The lowest BCUT2D eigenvalue weighted by atomic mass is 9.87. The van der Waals surface area contributed by atoms with Crippen LogP contribution >= 0.6 is 0 Å². The molecule has 1 aliphatic carbocycles. The number of nitrogens with two attached hydrogens (primary N) is 1. The molecular formula is C18H24N4O. The largest absolute Gasteiger partial charge is 0.399 e. The van der Waals surface area contributed by atoms with Crippen LogP contribution in [0, 0.1) is 6.92 Å². The number of aromatic nitrogens is 2. The third-order valence-electron chi connectivity index (χ3n) is 4.67. The second-order valence-electron chi connectivity index (χ2n) is 6.44. The van der Waals surface area contributed by atoms with Gasteiger partial charge in [0, 0.05) is 30.3 Å². The number of benzene rings is 1. The van der Waals surface area contributed by atoms with Crippen molar-refractivity contribution in [3.05, 3.63) is 41.1 Å². The van der Waals surface area contributed by atoms with Gasteiger partial charge in [0.1, 0.15) is 5.82 Å². The second-order valence-corrected chi connectivity index (χ2v) is 6.44. The summed E-state index contributed by atoms with van der Waals surface area (Å²) in [5.41, 5.74) is 8.98. The van der Waals surface area contributed by atoms with Crippen molar-refractivity contribution in [2.24, 2.45) is 7.05 Å². The van der Waals surface area contributed by atoms with Crippen molar-refractivity contribution in [2.45, 2.75) is 44.9 Å². The average Bonchev–Trinajstić information content (AvgIpc) is 2.91. The summed E-state index contributed by atoms with van der Waals surface area (Å²) in [4.78, 5) is 12.5. The SMILES string of the molecule is Cc1ccc(N)cc1C(=O)Nc1cc(C2CCCCC2)nn1C. The van der Waals surface area contributed by atoms with Gasteiger partial charge in [-0.05, 0) is 37.5 Å². The number of anilines is 2. The van der Waals surface area contributed by atoms with E-state index in [1.807, 2.05) is 26.1 Å². The Hall–Kier alpha value is -2.30. The third-order valence-corrected chi connectivity index (χ3v) is 4.67. The summed E-state index contributed by atoms with van der Waals surface area (Å²) in [6.45, 7) is 1.91. The Morgan fingerprint density at radius 1 is 1.26 bits per heavy atom. The standard InChI is InChI=1S/C18H24N4O/c1-12-8-9-14(19)10-15(12)18(23)20-17-11-16(21-22(17)2)13-6-4-3-5-7-13/h8-11,13H,3-7,19H2,1-2H3,(H,20,23). The van der Waals surface area contributed by atoms with Gasteiger partial charge in [-0.2, -0.15) is 5.10 Å². The van der Waals surface area contributed by atoms with E-state index in [1.165, 1.54) is 32.1 Å². The molecular weight excluding hydrogens is 288 g/mol. The maximum atomic E-state index is 12.5. The van der Waals surface area contributed by atoms with Gasteiger partial charge < -0.3 is 11.1 Å². The molecule has 5 heteroatoms. The lowest BCUT2D eigenvalue weighted by Gasteiger charge is -2.19. The summed E-state index contributed by atoms with van der Waals surface area (Å²) in [6, 6.07) is 7.39. The number of nitrogen functional groups attached to an aromatic ring is 1. The highest BCUT2D eigenvalue weighted by Crippen LogP contribution is 2.32. The zero-order chi connectivity index (χ0) is 16.4. The summed E-state index contributed by atoms with van der Waals surface area (Å²) in [5, 5.41) is 7.56. The molecule has 23 heavy (non-hydrogen) atoms. The van der Waals surface area contributed by atoms with Gasteiger partial charge in [-0.1, -0.05) is 25.3 Å². The van der Waals surface area contributed by atoms with Gasteiger partial charge in [-0.3, -0.25) is 9.48 Å². The Morgan fingerprint density at radius 2 is 2.00 bits per heavy atom. The average molecular weight is 312 g/mol. The minimum Gasteiger partial charge on any atom is -0.399 e. The van der Waals surface area contributed by atoms with Gasteiger partial charge in [0.05, 0.1) is 5.69 Å². The van der Waals surface area contributed by atoms with Crippen LogP contribution in [0.1, 0.15) is 59.6 Å². The van der Waals surface area contributed by atoms with E-state index in [0.29, 0.717) is 17.2 Å². The molecule has 0 aliphatic heterocycles. The minimum atomic E-state index is -0.145. The predicted molar refractivity (Wildman–Crippen MR) is 92.6 cm³/mol. The van der Waals surface area contributed by atoms with Crippen LogP contribution in [0.4, 0.5) is 11.5 Å². The molecule has 1 aromatic carbocycles. The molecule has 1 saturated carbocycles. The van der Waals surface area contributed by atoms with Crippen molar-refractivity contribution in [1.29, 1.82) is 0 Å². The van der Waals surface area contributed by atoms with Crippen LogP contribution in [0.15, 0.2) is 24.3 Å². The lowest BCUT2D eigenvalue weighted by Crippen LogP contribution is -2.16. The third kappa shape index (κ3) is 3.38. The first-order chi connectivity index (χ1) is 11.0. The van der Waals surface area contributed by atoms with Crippen LogP contribution in [-0.4, -0.2) is 15.7 Å². The van der Waals surface area contributed by atoms with Gasteiger partial charge in [0.2, 0.25) is 0 Å². The number of carbonyl (C=O) groups excluding carboxylic acids is 1. The van der Waals surface area contributed by atoms with Crippen molar-refractivity contribution in [3.63, 3.8) is 0 Å².